The van der Waals surface area contributed by atoms with E-state index in [4.69, 9.17) is 0 Å². The van der Waals surface area contributed by atoms with Crippen molar-refractivity contribution in [1.29, 1.82) is 0 Å². The highest BCUT2D eigenvalue weighted by Crippen LogP contribution is 2.44. The SMILES string of the molecule is CCc1[nH]c2ccccc2c1C(c1cn(Cc2ccccc2)c2ccccc12)S(=O)(=O)c1ccc(C)cc1. The lowest BCUT2D eigenvalue weighted by molar-refractivity contribution is 0.589. The normalized spacial score (nSPS) is 12.8. The molecule has 4 nitrogen and oxygen atoms in total. The lowest BCUT2D eigenvalue weighted by atomic mass is 9.99. The molecule has 190 valence electrons. The van der Waals surface area contributed by atoms with Crippen molar-refractivity contribution in [3.8, 4) is 0 Å². The molecule has 4 aromatic carbocycles. The maximum atomic E-state index is 14.6. The average molecular weight is 519 g/mol. The molecule has 6 rings (SSSR count). The summed E-state index contributed by atoms with van der Waals surface area (Å²) in [6.07, 6.45) is 2.75. The Bertz CT molecular complexity index is 1850. The quantitative estimate of drug-likeness (QED) is 0.236. The summed E-state index contributed by atoms with van der Waals surface area (Å²) in [5.74, 6) is 0. The molecule has 38 heavy (non-hydrogen) atoms. The summed E-state index contributed by atoms with van der Waals surface area (Å²) in [7, 11) is -3.80. The molecule has 1 atom stereocenters. The lowest BCUT2D eigenvalue weighted by Crippen LogP contribution is -2.16. The van der Waals surface area contributed by atoms with Crippen LogP contribution in [-0.4, -0.2) is 18.0 Å². The fourth-order valence-corrected chi connectivity index (χ4v) is 7.42. The van der Waals surface area contributed by atoms with Crippen molar-refractivity contribution in [2.45, 2.75) is 37.0 Å². The van der Waals surface area contributed by atoms with E-state index in [-0.39, 0.29) is 0 Å². The number of H-pyrrole nitrogens is 1. The molecule has 0 saturated heterocycles. The molecule has 2 heterocycles. The first-order chi connectivity index (χ1) is 18.5. The van der Waals surface area contributed by atoms with E-state index in [0.29, 0.717) is 17.9 Å². The number of fused-ring (bicyclic) bond motifs is 2. The Hall–Kier alpha value is -4.09. The monoisotopic (exact) mass is 518 g/mol. The second kappa shape index (κ2) is 9.66. The summed E-state index contributed by atoms with van der Waals surface area (Å²) in [6.45, 7) is 4.70. The van der Waals surface area contributed by atoms with Crippen molar-refractivity contribution in [3.05, 3.63) is 137 Å². The van der Waals surface area contributed by atoms with E-state index >= 15 is 0 Å². The Morgan fingerprint density at radius 2 is 1.45 bits per heavy atom. The molecule has 2 aromatic heterocycles. The lowest BCUT2D eigenvalue weighted by Gasteiger charge is -2.20. The molecule has 1 N–H and O–H groups in total. The van der Waals surface area contributed by atoms with Gasteiger partial charge in [-0.15, -0.1) is 0 Å². The van der Waals surface area contributed by atoms with E-state index in [1.165, 1.54) is 5.56 Å². The number of nitrogens with zero attached hydrogens (tertiary/aromatic N) is 1. The van der Waals surface area contributed by atoms with Crippen LogP contribution in [0.25, 0.3) is 21.8 Å². The number of aromatic amines is 1. The zero-order valence-corrected chi connectivity index (χ0v) is 22.4. The number of aromatic nitrogens is 2. The predicted molar refractivity (Wildman–Crippen MR) is 155 cm³/mol. The van der Waals surface area contributed by atoms with Crippen molar-refractivity contribution >= 4 is 31.6 Å². The van der Waals surface area contributed by atoms with E-state index in [1.807, 2.05) is 79.7 Å². The van der Waals surface area contributed by atoms with Gasteiger partial charge in [0.2, 0.25) is 0 Å². The Morgan fingerprint density at radius 3 is 2.18 bits per heavy atom. The first-order valence-electron chi connectivity index (χ1n) is 13.0. The van der Waals surface area contributed by atoms with Gasteiger partial charge < -0.3 is 9.55 Å². The molecule has 0 aliphatic heterocycles. The Morgan fingerprint density at radius 1 is 0.789 bits per heavy atom. The Balaban J connectivity index is 1.65. The number of nitrogens with one attached hydrogen (secondary N) is 1. The summed E-state index contributed by atoms with van der Waals surface area (Å²) < 4.78 is 31.5. The van der Waals surface area contributed by atoms with Gasteiger partial charge in [-0.3, -0.25) is 0 Å². The second-order valence-electron chi connectivity index (χ2n) is 9.87. The molecule has 1 unspecified atom stereocenters. The number of para-hydroxylation sites is 2. The minimum Gasteiger partial charge on any atom is -0.358 e. The van der Waals surface area contributed by atoms with Crippen molar-refractivity contribution < 1.29 is 8.42 Å². The molecule has 0 fully saturated rings. The first kappa shape index (κ1) is 24.3. The van der Waals surface area contributed by atoms with E-state index in [9.17, 15) is 8.42 Å². The van der Waals surface area contributed by atoms with Crippen molar-refractivity contribution in [2.24, 2.45) is 0 Å². The van der Waals surface area contributed by atoms with Gasteiger partial charge in [0.05, 0.1) is 4.90 Å². The molecule has 0 radical (unpaired) electrons. The minimum absolute atomic E-state index is 0.334. The summed E-state index contributed by atoms with van der Waals surface area (Å²) in [5.41, 5.74) is 6.76. The van der Waals surface area contributed by atoms with Gasteiger partial charge in [-0.05, 0) is 43.2 Å². The van der Waals surface area contributed by atoms with Crippen molar-refractivity contribution in [2.75, 3.05) is 0 Å². The van der Waals surface area contributed by atoms with Crippen LogP contribution in [0.3, 0.4) is 0 Å². The van der Waals surface area contributed by atoms with Crippen LogP contribution >= 0.6 is 0 Å². The van der Waals surface area contributed by atoms with Crippen LogP contribution in [0, 0.1) is 6.92 Å². The predicted octanol–water partition coefficient (Wildman–Crippen LogP) is 7.61. The number of hydrogen-bond acceptors (Lipinski definition) is 2. The number of benzene rings is 4. The number of hydrogen-bond donors (Lipinski definition) is 1. The summed E-state index contributed by atoms with van der Waals surface area (Å²) >= 11 is 0. The van der Waals surface area contributed by atoms with Gasteiger partial charge in [-0.1, -0.05) is 91.3 Å². The molecule has 0 aliphatic carbocycles. The third-order valence-corrected chi connectivity index (χ3v) is 9.44. The molecule has 0 spiro atoms. The maximum absolute atomic E-state index is 14.6. The van der Waals surface area contributed by atoms with Crippen LogP contribution in [-0.2, 0) is 22.8 Å². The van der Waals surface area contributed by atoms with Crippen LogP contribution in [0.15, 0.2) is 114 Å². The second-order valence-corrected chi connectivity index (χ2v) is 11.9. The highest BCUT2D eigenvalue weighted by molar-refractivity contribution is 7.92. The number of aryl methyl sites for hydroxylation is 2. The highest BCUT2D eigenvalue weighted by Gasteiger charge is 2.36. The minimum atomic E-state index is -3.80. The van der Waals surface area contributed by atoms with Gasteiger partial charge in [-0.2, -0.15) is 0 Å². The van der Waals surface area contributed by atoms with Gasteiger partial charge in [-0.25, -0.2) is 8.42 Å². The standard InChI is InChI=1S/C33H30N2O2S/c1-3-29-32(27-14-7-9-15-30(27)34-29)33(38(36,37)25-19-17-23(2)18-20-25)28-22-35(21-24-11-5-4-6-12-24)31-16-10-8-13-26(28)31/h4-20,22,33-34H,3,21H2,1-2H3. The molecule has 0 saturated carbocycles. The fourth-order valence-electron chi connectivity index (χ4n) is 5.53. The molecule has 0 aliphatic rings. The fraction of sp³-hybridized carbons (Fsp3) is 0.152. The largest absolute Gasteiger partial charge is 0.358 e. The highest BCUT2D eigenvalue weighted by atomic mass is 32.2. The molecule has 6 aromatic rings. The van der Waals surface area contributed by atoms with Gasteiger partial charge in [0.15, 0.2) is 9.84 Å². The maximum Gasteiger partial charge on any atom is 0.189 e. The van der Waals surface area contributed by atoms with Crippen LogP contribution in [0.2, 0.25) is 0 Å². The zero-order valence-electron chi connectivity index (χ0n) is 21.6. The van der Waals surface area contributed by atoms with E-state index < -0.39 is 15.1 Å². The van der Waals surface area contributed by atoms with E-state index in [0.717, 1.165) is 44.2 Å². The molecule has 0 amide bonds. The van der Waals surface area contributed by atoms with Crippen LogP contribution in [0.5, 0.6) is 0 Å². The molecule has 5 heteroatoms. The van der Waals surface area contributed by atoms with Crippen LogP contribution in [0.1, 0.15) is 40.1 Å². The first-order valence-corrected chi connectivity index (χ1v) is 14.5. The zero-order chi connectivity index (χ0) is 26.3. The van der Waals surface area contributed by atoms with Gasteiger partial charge >= 0.3 is 0 Å². The number of sulfone groups is 1. The summed E-state index contributed by atoms with van der Waals surface area (Å²) in [6, 6.07) is 33.6. The number of rotatable bonds is 7. The smallest absolute Gasteiger partial charge is 0.189 e. The van der Waals surface area contributed by atoms with Crippen LogP contribution in [0.4, 0.5) is 0 Å². The van der Waals surface area contributed by atoms with Gasteiger partial charge in [0, 0.05) is 51.4 Å². The average Bonchev–Trinajstić information content (AvgIpc) is 3.48. The molecule has 0 bridgehead atoms. The topological polar surface area (TPSA) is 54.9 Å². The van der Waals surface area contributed by atoms with Gasteiger partial charge in [0.25, 0.3) is 0 Å². The summed E-state index contributed by atoms with van der Waals surface area (Å²) in [5, 5.41) is 1.04. The third kappa shape index (κ3) is 4.13. The molecular formula is C33H30N2O2S. The Kier molecular flexibility index (Phi) is 6.16. The Labute approximate surface area is 223 Å². The van der Waals surface area contributed by atoms with E-state index in [1.54, 1.807) is 12.1 Å². The van der Waals surface area contributed by atoms with Crippen molar-refractivity contribution in [3.63, 3.8) is 0 Å². The van der Waals surface area contributed by atoms with E-state index in [2.05, 4.69) is 40.9 Å². The van der Waals surface area contributed by atoms with Crippen LogP contribution < -0.4 is 0 Å². The summed E-state index contributed by atoms with van der Waals surface area (Å²) in [4.78, 5) is 3.85. The third-order valence-electron chi connectivity index (χ3n) is 7.40. The van der Waals surface area contributed by atoms with Crippen molar-refractivity contribution in [1.82, 2.24) is 9.55 Å². The van der Waals surface area contributed by atoms with Gasteiger partial charge in [0.1, 0.15) is 5.25 Å². The molecular weight excluding hydrogens is 488 g/mol.